The predicted octanol–water partition coefficient (Wildman–Crippen LogP) is 3.95. The van der Waals surface area contributed by atoms with Crippen molar-refractivity contribution in [1.82, 2.24) is 0 Å². The molecule has 1 aliphatic heterocycles. The highest BCUT2D eigenvalue weighted by atomic mass is 79.9. The molecular weight excluding hydrogens is 350 g/mol. The van der Waals surface area contributed by atoms with E-state index in [9.17, 15) is 4.79 Å². The number of ether oxygens (including phenoxy) is 2. The summed E-state index contributed by atoms with van der Waals surface area (Å²) < 4.78 is 11.9. The first-order valence-corrected chi connectivity index (χ1v) is 7.84. The van der Waals surface area contributed by atoms with Crippen LogP contribution in [0.4, 0.5) is 0 Å². The van der Waals surface area contributed by atoms with E-state index in [0.717, 1.165) is 22.9 Å². The Morgan fingerprint density at radius 2 is 2.18 bits per heavy atom. The number of methoxy groups -OCH3 is 1. The third-order valence-electron chi connectivity index (χ3n) is 3.18. The Kier molecular flexibility index (Phi) is 5.60. The minimum Gasteiger partial charge on any atom is -0.493 e. The van der Waals surface area contributed by atoms with Crippen LogP contribution in [0, 0.1) is 0 Å². The van der Waals surface area contributed by atoms with Crippen LogP contribution >= 0.6 is 15.9 Å². The van der Waals surface area contributed by atoms with Crippen molar-refractivity contribution >= 4 is 33.7 Å². The van der Waals surface area contributed by atoms with E-state index in [1.165, 1.54) is 0 Å². The van der Waals surface area contributed by atoms with Gasteiger partial charge in [-0.15, -0.1) is 0 Å². The van der Waals surface area contributed by atoms with Crippen molar-refractivity contribution in [2.24, 2.45) is 5.16 Å². The third-order valence-corrected chi connectivity index (χ3v) is 3.77. The molecule has 0 aliphatic carbocycles. The van der Waals surface area contributed by atoms with Crippen LogP contribution in [-0.4, -0.2) is 25.4 Å². The normalized spacial score (nSPS) is 15.7. The second-order valence-electron chi connectivity index (χ2n) is 4.85. The lowest BCUT2D eigenvalue weighted by atomic mass is 10.1. The Balaban J connectivity index is 2.31. The van der Waals surface area contributed by atoms with Crippen LogP contribution in [0.25, 0.3) is 6.08 Å². The largest absolute Gasteiger partial charge is 0.493 e. The first kappa shape index (κ1) is 16.5. The molecule has 0 spiro atoms. The number of unbranched alkanes of at least 4 members (excludes halogenated alkanes) is 1. The minimum absolute atomic E-state index is 0.439. The quantitative estimate of drug-likeness (QED) is 0.433. The average molecular weight is 368 g/mol. The van der Waals surface area contributed by atoms with Crippen LogP contribution in [0.2, 0.25) is 0 Å². The van der Waals surface area contributed by atoms with E-state index in [2.05, 4.69) is 32.8 Å². The maximum atomic E-state index is 11.6. The van der Waals surface area contributed by atoms with Crippen molar-refractivity contribution in [2.75, 3.05) is 13.7 Å². The predicted molar refractivity (Wildman–Crippen MR) is 88.3 cm³/mol. The van der Waals surface area contributed by atoms with E-state index in [1.54, 1.807) is 20.1 Å². The molecule has 0 saturated carbocycles. The van der Waals surface area contributed by atoms with Crippen LogP contribution in [0.1, 0.15) is 32.3 Å². The molecule has 0 aromatic heterocycles. The molecule has 0 fully saturated rings. The number of hydrogen-bond acceptors (Lipinski definition) is 5. The molecule has 0 saturated heterocycles. The lowest BCUT2D eigenvalue weighted by molar-refractivity contribution is -0.136. The highest BCUT2D eigenvalue weighted by molar-refractivity contribution is 9.10. The van der Waals surface area contributed by atoms with Gasteiger partial charge in [-0.1, -0.05) is 18.5 Å². The fourth-order valence-electron chi connectivity index (χ4n) is 1.97. The van der Waals surface area contributed by atoms with E-state index < -0.39 is 5.97 Å². The van der Waals surface area contributed by atoms with Gasteiger partial charge in [0.05, 0.1) is 29.5 Å². The summed E-state index contributed by atoms with van der Waals surface area (Å²) in [5.41, 5.74) is 1.80. The lowest BCUT2D eigenvalue weighted by Crippen LogP contribution is -2.02. The molecule has 1 aliphatic rings. The third kappa shape index (κ3) is 3.68. The molecule has 118 valence electrons. The number of carbonyl (C=O) groups is 1. The second-order valence-corrected chi connectivity index (χ2v) is 5.70. The van der Waals surface area contributed by atoms with Crippen molar-refractivity contribution in [2.45, 2.75) is 26.7 Å². The highest BCUT2D eigenvalue weighted by Gasteiger charge is 2.22. The van der Waals surface area contributed by atoms with Gasteiger partial charge < -0.3 is 14.3 Å². The molecule has 0 atom stereocenters. The molecule has 6 heteroatoms. The Hall–Kier alpha value is -1.82. The van der Waals surface area contributed by atoms with Crippen LogP contribution in [-0.2, 0) is 9.63 Å². The first-order chi connectivity index (χ1) is 10.6. The number of benzene rings is 1. The van der Waals surface area contributed by atoms with Crippen molar-refractivity contribution in [3.05, 3.63) is 27.7 Å². The molecule has 22 heavy (non-hydrogen) atoms. The van der Waals surface area contributed by atoms with Gasteiger partial charge in [0.15, 0.2) is 11.5 Å². The molecule has 5 nitrogen and oxygen atoms in total. The molecule has 0 radical (unpaired) electrons. The fourth-order valence-corrected chi connectivity index (χ4v) is 2.54. The zero-order valence-electron chi connectivity index (χ0n) is 12.8. The number of oxime groups is 1. The number of hydrogen-bond donors (Lipinski definition) is 0. The van der Waals surface area contributed by atoms with E-state index in [0.29, 0.717) is 29.4 Å². The standard InChI is InChI=1S/C16H18BrNO4/c1-4-5-6-21-15-13(17)8-11(9-14(15)20-3)7-12-10(2)18-22-16(12)19/h7-9H,4-6H2,1-3H3/b12-7-. The number of nitrogens with zero attached hydrogens (tertiary/aromatic N) is 1. The summed E-state index contributed by atoms with van der Waals surface area (Å²) in [4.78, 5) is 16.2. The summed E-state index contributed by atoms with van der Waals surface area (Å²) in [5.74, 6) is 0.826. The SMILES string of the molecule is CCCCOc1c(Br)cc(/C=C2\C(=O)ON=C2C)cc1OC. The molecular formula is C16H18BrNO4. The van der Waals surface area contributed by atoms with Gasteiger partial charge in [-0.3, -0.25) is 0 Å². The Labute approximate surface area is 138 Å². The van der Waals surface area contributed by atoms with Crippen LogP contribution < -0.4 is 9.47 Å². The van der Waals surface area contributed by atoms with E-state index >= 15 is 0 Å². The van der Waals surface area contributed by atoms with E-state index in [1.807, 2.05) is 12.1 Å². The Bertz CT molecular complexity index is 637. The van der Waals surface area contributed by atoms with Crippen LogP contribution in [0.3, 0.4) is 0 Å². The van der Waals surface area contributed by atoms with Crippen molar-refractivity contribution < 1.29 is 19.1 Å². The Morgan fingerprint density at radius 3 is 2.77 bits per heavy atom. The lowest BCUT2D eigenvalue weighted by Gasteiger charge is -2.13. The summed E-state index contributed by atoms with van der Waals surface area (Å²) >= 11 is 3.49. The maximum Gasteiger partial charge on any atom is 0.367 e. The summed E-state index contributed by atoms with van der Waals surface area (Å²) in [6.45, 7) is 4.46. The van der Waals surface area contributed by atoms with Crippen molar-refractivity contribution in [3.63, 3.8) is 0 Å². The highest BCUT2D eigenvalue weighted by Crippen LogP contribution is 2.37. The average Bonchev–Trinajstić information content (AvgIpc) is 2.81. The van der Waals surface area contributed by atoms with Crippen LogP contribution in [0.15, 0.2) is 27.3 Å². The maximum absolute atomic E-state index is 11.6. The van der Waals surface area contributed by atoms with Gasteiger partial charge in [0, 0.05) is 0 Å². The molecule has 1 heterocycles. The molecule has 0 N–H and O–H groups in total. The van der Waals surface area contributed by atoms with Gasteiger partial charge in [-0.05, 0) is 53.0 Å². The van der Waals surface area contributed by atoms with Gasteiger partial charge in [0.2, 0.25) is 0 Å². The van der Waals surface area contributed by atoms with Gasteiger partial charge in [-0.2, -0.15) is 0 Å². The molecule has 0 unspecified atom stereocenters. The molecule has 1 aromatic rings. The van der Waals surface area contributed by atoms with Gasteiger partial charge >= 0.3 is 5.97 Å². The first-order valence-electron chi connectivity index (χ1n) is 7.05. The number of carbonyl (C=O) groups excluding carboxylic acids is 1. The zero-order valence-corrected chi connectivity index (χ0v) is 14.4. The Morgan fingerprint density at radius 1 is 1.41 bits per heavy atom. The molecule has 0 bridgehead atoms. The summed E-state index contributed by atoms with van der Waals surface area (Å²) in [6, 6.07) is 3.69. The molecule has 0 amide bonds. The minimum atomic E-state index is -0.448. The summed E-state index contributed by atoms with van der Waals surface area (Å²) in [5, 5.41) is 3.66. The topological polar surface area (TPSA) is 57.1 Å². The van der Waals surface area contributed by atoms with E-state index in [-0.39, 0.29) is 0 Å². The second kappa shape index (κ2) is 7.45. The smallest absolute Gasteiger partial charge is 0.367 e. The summed E-state index contributed by atoms with van der Waals surface area (Å²) in [6.07, 6.45) is 3.75. The number of halogens is 1. The van der Waals surface area contributed by atoms with Crippen LogP contribution in [0.5, 0.6) is 11.5 Å². The van der Waals surface area contributed by atoms with E-state index in [4.69, 9.17) is 9.47 Å². The molecule has 2 rings (SSSR count). The number of rotatable bonds is 6. The van der Waals surface area contributed by atoms with Crippen molar-refractivity contribution in [1.29, 1.82) is 0 Å². The monoisotopic (exact) mass is 367 g/mol. The van der Waals surface area contributed by atoms with Gasteiger partial charge in [0.25, 0.3) is 0 Å². The zero-order chi connectivity index (χ0) is 16.1. The fraction of sp³-hybridized carbons (Fsp3) is 0.375. The summed E-state index contributed by atoms with van der Waals surface area (Å²) in [7, 11) is 1.59. The van der Waals surface area contributed by atoms with Crippen molar-refractivity contribution in [3.8, 4) is 11.5 Å². The molecule has 1 aromatic carbocycles. The van der Waals surface area contributed by atoms with Gasteiger partial charge in [-0.25, -0.2) is 4.79 Å². The van der Waals surface area contributed by atoms with Gasteiger partial charge in [0.1, 0.15) is 0 Å².